The van der Waals surface area contributed by atoms with Gasteiger partial charge in [-0.25, -0.2) is 21.9 Å². The van der Waals surface area contributed by atoms with Gasteiger partial charge in [-0.1, -0.05) is 0 Å². The van der Waals surface area contributed by atoms with E-state index in [9.17, 15) is 17.2 Å². The normalized spacial score (nSPS) is 22.2. The maximum Gasteiger partial charge on any atom is 0.240 e. The minimum atomic E-state index is -3.85. The molecular weight excluding hydrogens is 324 g/mol. The fourth-order valence-corrected chi connectivity index (χ4v) is 4.20. The second-order valence-corrected chi connectivity index (χ2v) is 7.40. The van der Waals surface area contributed by atoms with Crippen molar-refractivity contribution in [2.75, 3.05) is 0 Å². The van der Waals surface area contributed by atoms with Gasteiger partial charge in [0.25, 0.3) is 0 Å². The van der Waals surface area contributed by atoms with Crippen LogP contribution >= 0.6 is 0 Å². The molecule has 1 aliphatic carbocycles. The van der Waals surface area contributed by atoms with Crippen LogP contribution in [0.25, 0.3) is 0 Å². The number of hydrogen-bond donors (Lipinski definition) is 1. The first-order valence-corrected chi connectivity index (χ1v) is 8.90. The van der Waals surface area contributed by atoms with E-state index in [2.05, 4.69) is 9.82 Å². The molecule has 0 amide bonds. The van der Waals surface area contributed by atoms with Crippen molar-refractivity contribution in [1.82, 2.24) is 14.5 Å². The van der Waals surface area contributed by atoms with E-state index in [0.717, 1.165) is 25.0 Å². The number of sulfonamides is 1. The Labute approximate surface area is 133 Å². The summed E-state index contributed by atoms with van der Waals surface area (Å²) < 4.78 is 55.1. The van der Waals surface area contributed by atoms with Gasteiger partial charge in [0, 0.05) is 18.4 Å². The van der Waals surface area contributed by atoms with Crippen LogP contribution in [0.3, 0.4) is 0 Å². The third kappa shape index (κ3) is 3.59. The zero-order valence-electron chi connectivity index (χ0n) is 12.3. The van der Waals surface area contributed by atoms with Crippen LogP contribution in [0.2, 0.25) is 0 Å². The monoisotopic (exact) mass is 341 g/mol. The molecule has 1 aromatic carbocycles. The molecule has 5 nitrogen and oxygen atoms in total. The third-order valence-corrected chi connectivity index (χ3v) is 5.64. The topological polar surface area (TPSA) is 64.0 Å². The summed E-state index contributed by atoms with van der Waals surface area (Å²) in [5, 5.41) is 4.21. The predicted octanol–water partition coefficient (Wildman–Crippen LogP) is 2.62. The molecule has 0 saturated heterocycles. The van der Waals surface area contributed by atoms with Crippen LogP contribution in [0.15, 0.2) is 41.6 Å². The summed E-state index contributed by atoms with van der Waals surface area (Å²) in [5.41, 5.74) is 0. The molecule has 1 fully saturated rings. The van der Waals surface area contributed by atoms with Crippen LogP contribution in [0.4, 0.5) is 8.78 Å². The van der Waals surface area contributed by atoms with Gasteiger partial charge in [-0.15, -0.1) is 0 Å². The highest BCUT2D eigenvalue weighted by Crippen LogP contribution is 2.28. The quantitative estimate of drug-likeness (QED) is 0.930. The Kier molecular flexibility index (Phi) is 4.45. The van der Waals surface area contributed by atoms with Crippen LogP contribution in [0.1, 0.15) is 31.7 Å². The molecule has 0 bridgehead atoms. The minimum Gasteiger partial charge on any atom is -0.270 e. The van der Waals surface area contributed by atoms with Crippen molar-refractivity contribution in [1.29, 1.82) is 0 Å². The Bertz CT molecular complexity index is 770. The van der Waals surface area contributed by atoms with E-state index in [-0.39, 0.29) is 17.0 Å². The lowest BCUT2D eigenvalue weighted by atomic mass is 9.92. The van der Waals surface area contributed by atoms with Crippen molar-refractivity contribution < 1.29 is 17.2 Å². The zero-order chi connectivity index (χ0) is 16.4. The summed E-state index contributed by atoms with van der Waals surface area (Å²) >= 11 is 0. The molecule has 0 unspecified atom stereocenters. The standard InChI is InChI=1S/C15H17F2N3O2S/c16-14-7-6-13(10-15(14)17)23(21,22)19-11-2-4-12(5-3-11)20-9-1-8-18-20/h1,6-12,19H,2-5H2. The van der Waals surface area contributed by atoms with Gasteiger partial charge in [0.15, 0.2) is 11.6 Å². The average molecular weight is 341 g/mol. The molecule has 124 valence electrons. The molecule has 0 radical (unpaired) electrons. The fraction of sp³-hybridized carbons (Fsp3) is 0.400. The molecule has 0 spiro atoms. The molecule has 0 atom stereocenters. The summed E-state index contributed by atoms with van der Waals surface area (Å²) in [4.78, 5) is -0.259. The van der Waals surface area contributed by atoms with E-state index in [4.69, 9.17) is 0 Å². The molecule has 3 rings (SSSR count). The highest BCUT2D eigenvalue weighted by Gasteiger charge is 2.27. The molecule has 1 saturated carbocycles. The zero-order valence-corrected chi connectivity index (χ0v) is 13.1. The number of aromatic nitrogens is 2. The second kappa shape index (κ2) is 6.37. The largest absolute Gasteiger partial charge is 0.270 e. The predicted molar refractivity (Wildman–Crippen MR) is 80.2 cm³/mol. The van der Waals surface area contributed by atoms with Crippen molar-refractivity contribution >= 4 is 10.0 Å². The van der Waals surface area contributed by atoms with Crippen molar-refractivity contribution in [2.24, 2.45) is 0 Å². The number of nitrogens with one attached hydrogen (secondary N) is 1. The van der Waals surface area contributed by atoms with E-state index < -0.39 is 21.7 Å². The maximum atomic E-state index is 13.2. The number of rotatable bonds is 4. The number of nitrogens with zero attached hydrogens (tertiary/aromatic N) is 2. The molecule has 1 aromatic heterocycles. The van der Waals surface area contributed by atoms with Gasteiger partial charge >= 0.3 is 0 Å². The Morgan fingerprint density at radius 1 is 1.13 bits per heavy atom. The van der Waals surface area contributed by atoms with Crippen molar-refractivity contribution in [3.05, 3.63) is 48.3 Å². The molecular formula is C15H17F2N3O2S. The molecule has 1 aliphatic rings. The van der Waals surface area contributed by atoms with Gasteiger partial charge in [-0.3, -0.25) is 4.68 Å². The van der Waals surface area contributed by atoms with E-state index in [1.807, 2.05) is 16.9 Å². The summed E-state index contributed by atoms with van der Waals surface area (Å²) in [5.74, 6) is -2.24. The molecule has 2 aromatic rings. The fourth-order valence-electron chi connectivity index (χ4n) is 2.89. The number of hydrogen-bond acceptors (Lipinski definition) is 3. The van der Waals surface area contributed by atoms with Gasteiger partial charge < -0.3 is 0 Å². The molecule has 1 N–H and O–H groups in total. The van der Waals surface area contributed by atoms with Crippen LogP contribution in [-0.4, -0.2) is 24.2 Å². The molecule has 1 heterocycles. The lowest BCUT2D eigenvalue weighted by Crippen LogP contribution is -2.38. The lowest BCUT2D eigenvalue weighted by molar-refractivity contribution is 0.293. The Balaban J connectivity index is 1.64. The maximum absolute atomic E-state index is 13.2. The number of benzene rings is 1. The lowest BCUT2D eigenvalue weighted by Gasteiger charge is -2.29. The van der Waals surface area contributed by atoms with Gasteiger partial charge in [0.1, 0.15) is 0 Å². The SMILES string of the molecule is O=S(=O)(NC1CCC(n2cccn2)CC1)c1ccc(F)c(F)c1. The first-order valence-electron chi connectivity index (χ1n) is 7.42. The van der Waals surface area contributed by atoms with Gasteiger partial charge in [0.2, 0.25) is 10.0 Å². The molecule has 23 heavy (non-hydrogen) atoms. The van der Waals surface area contributed by atoms with Crippen molar-refractivity contribution in [3.8, 4) is 0 Å². The van der Waals surface area contributed by atoms with Gasteiger partial charge in [0.05, 0.1) is 10.9 Å². The Morgan fingerprint density at radius 2 is 1.87 bits per heavy atom. The highest BCUT2D eigenvalue weighted by molar-refractivity contribution is 7.89. The summed E-state index contributed by atoms with van der Waals surface area (Å²) in [6.45, 7) is 0. The molecule has 8 heteroatoms. The van der Waals surface area contributed by atoms with Crippen molar-refractivity contribution in [2.45, 2.75) is 42.7 Å². The van der Waals surface area contributed by atoms with E-state index in [1.54, 1.807) is 6.20 Å². The minimum absolute atomic E-state index is 0.208. The second-order valence-electron chi connectivity index (χ2n) is 5.69. The van der Waals surface area contributed by atoms with E-state index in [1.165, 1.54) is 0 Å². The molecule has 0 aliphatic heterocycles. The van der Waals surface area contributed by atoms with Crippen LogP contribution in [0.5, 0.6) is 0 Å². The first kappa shape index (κ1) is 16.1. The Hall–Kier alpha value is -1.80. The van der Waals surface area contributed by atoms with Crippen LogP contribution < -0.4 is 4.72 Å². The highest BCUT2D eigenvalue weighted by atomic mass is 32.2. The third-order valence-electron chi connectivity index (χ3n) is 4.12. The summed E-state index contributed by atoms with van der Waals surface area (Å²) in [7, 11) is -3.85. The Morgan fingerprint density at radius 3 is 2.48 bits per heavy atom. The van der Waals surface area contributed by atoms with Crippen LogP contribution in [-0.2, 0) is 10.0 Å². The van der Waals surface area contributed by atoms with Crippen molar-refractivity contribution in [3.63, 3.8) is 0 Å². The average Bonchev–Trinajstić information content (AvgIpc) is 3.04. The van der Waals surface area contributed by atoms with E-state index >= 15 is 0 Å². The smallest absolute Gasteiger partial charge is 0.240 e. The van der Waals surface area contributed by atoms with Crippen LogP contribution in [0, 0.1) is 11.6 Å². The van der Waals surface area contributed by atoms with E-state index in [0.29, 0.717) is 18.9 Å². The first-order chi connectivity index (χ1) is 11.0. The number of halogens is 2. The summed E-state index contributed by atoms with van der Waals surface area (Å²) in [6.07, 6.45) is 6.59. The van der Waals surface area contributed by atoms with Gasteiger partial charge in [-0.2, -0.15) is 5.10 Å². The summed E-state index contributed by atoms with van der Waals surface area (Å²) in [6, 6.07) is 4.51. The van der Waals surface area contributed by atoms with Gasteiger partial charge in [-0.05, 0) is 49.9 Å².